The summed E-state index contributed by atoms with van der Waals surface area (Å²) in [6, 6.07) is 5.48. The van der Waals surface area contributed by atoms with E-state index in [1.54, 1.807) is 21.9 Å². The lowest BCUT2D eigenvalue weighted by Gasteiger charge is -2.26. The molecule has 0 spiro atoms. The molecular weight excluding hydrogens is 461 g/mol. The molecule has 1 amide bonds. The van der Waals surface area contributed by atoms with Crippen LogP contribution >= 0.6 is 35.1 Å². The Hall–Kier alpha value is -2.73. The van der Waals surface area contributed by atoms with Crippen molar-refractivity contribution in [3.05, 3.63) is 46.8 Å². The molecule has 1 saturated heterocycles. The SMILES string of the molecule is Cl.O=C(c1csc(Nc2ncc(F)c(-c3ccc4ncsc4c3)n2)n1)N1CCNCC1. The van der Waals surface area contributed by atoms with Gasteiger partial charge in [0, 0.05) is 37.1 Å². The van der Waals surface area contributed by atoms with Gasteiger partial charge in [-0.2, -0.15) is 0 Å². The van der Waals surface area contributed by atoms with Crippen molar-refractivity contribution in [3.8, 4) is 11.3 Å². The number of hydrogen-bond acceptors (Lipinski definition) is 9. The van der Waals surface area contributed by atoms with Crippen LogP contribution in [0.5, 0.6) is 0 Å². The van der Waals surface area contributed by atoms with E-state index in [0.717, 1.165) is 29.5 Å². The minimum Gasteiger partial charge on any atom is -0.335 e. The normalized spacial score (nSPS) is 13.8. The molecule has 1 aliphatic rings. The van der Waals surface area contributed by atoms with Gasteiger partial charge in [0.2, 0.25) is 5.95 Å². The highest BCUT2D eigenvalue weighted by Crippen LogP contribution is 2.28. The van der Waals surface area contributed by atoms with Crippen LogP contribution in [0.15, 0.2) is 35.3 Å². The highest BCUT2D eigenvalue weighted by molar-refractivity contribution is 7.16. The maximum Gasteiger partial charge on any atom is 0.273 e. The number of carbonyl (C=O) groups excluding carboxylic acids is 1. The van der Waals surface area contributed by atoms with Crippen molar-refractivity contribution in [1.29, 1.82) is 0 Å². The molecule has 3 aromatic heterocycles. The second-order valence-corrected chi connectivity index (χ2v) is 8.37. The van der Waals surface area contributed by atoms with E-state index in [2.05, 4.69) is 30.6 Å². The first-order chi connectivity index (χ1) is 14.7. The van der Waals surface area contributed by atoms with Crippen LogP contribution < -0.4 is 10.6 Å². The molecular formula is C19H17ClFN7OS2. The number of thiazole rings is 2. The smallest absolute Gasteiger partial charge is 0.273 e. The predicted octanol–water partition coefficient (Wildman–Crippen LogP) is 3.56. The number of piperazine rings is 1. The molecule has 160 valence electrons. The minimum atomic E-state index is -0.516. The van der Waals surface area contributed by atoms with Crippen molar-refractivity contribution in [2.24, 2.45) is 0 Å². The van der Waals surface area contributed by atoms with Gasteiger partial charge in [0.05, 0.1) is 21.9 Å². The fraction of sp³-hybridized carbons (Fsp3) is 0.211. The van der Waals surface area contributed by atoms with E-state index in [0.29, 0.717) is 29.5 Å². The molecule has 0 aliphatic carbocycles. The molecule has 8 nitrogen and oxygen atoms in total. The summed E-state index contributed by atoms with van der Waals surface area (Å²) in [5.74, 6) is -0.399. The molecule has 0 radical (unpaired) electrons. The average molecular weight is 478 g/mol. The molecule has 1 fully saturated rings. The first-order valence-electron chi connectivity index (χ1n) is 9.26. The molecule has 1 aromatic carbocycles. The number of benzene rings is 1. The zero-order valence-corrected chi connectivity index (χ0v) is 18.5. The van der Waals surface area contributed by atoms with Crippen LogP contribution in [0, 0.1) is 5.82 Å². The fourth-order valence-corrected chi connectivity index (χ4v) is 4.58. The number of aromatic nitrogens is 4. The predicted molar refractivity (Wildman–Crippen MR) is 122 cm³/mol. The van der Waals surface area contributed by atoms with E-state index < -0.39 is 5.82 Å². The Kier molecular flexibility index (Phi) is 6.37. The van der Waals surface area contributed by atoms with Crippen LogP contribution in [0.4, 0.5) is 15.5 Å². The summed E-state index contributed by atoms with van der Waals surface area (Å²) in [5, 5.41) is 8.37. The number of carbonyl (C=O) groups is 1. The van der Waals surface area contributed by atoms with E-state index in [4.69, 9.17) is 0 Å². The molecule has 1 aliphatic heterocycles. The van der Waals surface area contributed by atoms with Gasteiger partial charge < -0.3 is 15.5 Å². The Morgan fingerprint density at radius 2 is 2.00 bits per heavy atom. The number of amides is 1. The summed E-state index contributed by atoms with van der Waals surface area (Å²) in [5.41, 5.74) is 3.82. The highest BCUT2D eigenvalue weighted by Gasteiger charge is 2.21. The summed E-state index contributed by atoms with van der Waals surface area (Å²) in [6.07, 6.45) is 1.13. The van der Waals surface area contributed by atoms with Gasteiger partial charge >= 0.3 is 0 Å². The van der Waals surface area contributed by atoms with Crippen molar-refractivity contribution in [1.82, 2.24) is 30.2 Å². The van der Waals surface area contributed by atoms with E-state index in [9.17, 15) is 9.18 Å². The molecule has 0 saturated carbocycles. The summed E-state index contributed by atoms with van der Waals surface area (Å²) in [7, 11) is 0. The number of nitrogens with one attached hydrogen (secondary N) is 2. The Morgan fingerprint density at radius 3 is 2.84 bits per heavy atom. The van der Waals surface area contributed by atoms with E-state index in [1.807, 2.05) is 12.1 Å². The van der Waals surface area contributed by atoms with Gasteiger partial charge in [-0.25, -0.2) is 24.3 Å². The van der Waals surface area contributed by atoms with Crippen LogP contribution in [0.25, 0.3) is 21.5 Å². The van der Waals surface area contributed by atoms with E-state index >= 15 is 0 Å². The number of halogens is 2. The summed E-state index contributed by atoms with van der Waals surface area (Å²) in [4.78, 5) is 31.3. The number of fused-ring (bicyclic) bond motifs is 1. The van der Waals surface area contributed by atoms with Crippen molar-refractivity contribution in [2.75, 3.05) is 31.5 Å². The molecule has 0 bridgehead atoms. The third-order valence-electron chi connectivity index (χ3n) is 4.70. The third-order valence-corrected chi connectivity index (χ3v) is 6.24. The first kappa shape index (κ1) is 21.5. The molecule has 0 atom stereocenters. The van der Waals surface area contributed by atoms with Crippen LogP contribution in [-0.4, -0.2) is 56.9 Å². The maximum absolute atomic E-state index is 14.4. The van der Waals surface area contributed by atoms with Crippen molar-refractivity contribution in [3.63, 3.8) is 0 Å². The van der Waals surface area contributed by atoms with Crippen molar-refractivity contribution in [2.45, 2.75) is 0 Å². The van der Waals surface area contributed by atoms with Crippen molar-refractivity contribution >= 4 is 62.3 Å². The summed E-state index contributed by atoms with van der Waals surface area (Å²) >= 11 is 2.77. The van der Waals surface area contributed by atoms with Crippen LogP contribution in [0.2, 0.25) is 0 Å². The molecule has 5 rings (SSSR count). The summed E-state index contributed by atoms with van der Waals surface area (Å²) in [6.45, 7) is 2.88. The second kappa shape index (κ2) is 9.18. The van der Waals surface area contributed by atoms with Crippen molar-refractivity contribution < 1.29 is 9.18 Å². The molecule has 12 heteroatoms. The van der Waals surface area contributed by atoms with E-state index in [1.165, 1.54) is 22.7 Å². The number of anilines is 2. The second-order valence-electron chi connectivity index (χ2n) is 6.63. The highest BCUT2D eigenvalue weighted by atomic mass is 35.5. The lowest BCUT2D eigenvalue weighted by Crippen LogP contribution is -2.46. The Bertz CT molecular complexity index is 1220. The van der Waals surface area contributed by atoms with Gasteiger partial charge in [0.15, 0.2) is 10.9 Å². The Morgan fingerprint density at radius 1 is 1.16 bits per heavy atom. The first-order valence-corrected chi connectivity index (χ1v) is 11.0. The molecule has 4 heterocycles. The summed E-state index contributed by atoms with van der Waals surface area (Å²) < 4.78 is 15.4. The molecule has 4 aromatic rings. The lowest BCUT2D eigenvalue weighted by molar-refractivity contribution is 0.0731. The Balaban J connectivity index is 0.00000231. The van der Waals surface area contributed by atoms with E-state index in [-0.39, 0.29) is 30.0 Å². The standard InChI is InChI=1S/C19H16FN7OS2.ClH/c20-12-8-22-18(25-16(12)11-1-2-13-15(7-11)30-10-23-13)26-19-24-14(9-29-19)17(28)27-5-3-21-4-6-27;/h1-2,7-10,21H,3-6H2,(H,22,24,25,26);1H. The molecule has 31 heavy (non-hydrogen) atoms. The molecule has 0 unspecified atom stereocenters. The quantitative estimate of drug-likeness (QED) is 0.464. The van der Waals surface area contributed by atoms with Gasteiger partial charge in [-0.3, -0.25) is 4.79 Å². The van der Waals surface area contributed by atoms with Crippen LogP contribution in [-0.2, 0) is 0 Å². The molecule has 2 N–H and O–H groups in total. The zero-order valence-electron chi connectivity index (χ0n) is 16.0. The van der Waals surface area contributed by atoms with Gasteiger partial charge in [-0.15, -0.1) is 35.1 Å². The third kappa shape index (κ3) is 4.49. The lowest BCUT2D eigenvalue weighted by atomic mass is 10.1. The van der Waals surface area contributed by atoms with Gasteiger partial charge in [-0.1, -0.05) is 6.07 Å². The van der Waals surface area contributed by atoms with Crippen LogP contribution in [0.1, 0.15) is 10.5 Å². The number of hydrogen-bond donors (Lipinski definition) is 2. The monoisotopic (exact) mass is 477 g/mol. The van der Waals surface area contributed by atoms with Crippen LogP contribution in [0.3, 0.4) is 0 Å². The number of nitrogens with zero attached hydrogens (tertiary/aromatic N) is 5. The maximum atomic E-state index is 14.4. The zero-order chi connectivity index (χ0) is 20.5. The topological polar surface area (TPSA) is 95.9 Å². The minimum absolute atomic E-state index is 0. The Labute approximate surface area is 191 Å². The number of rotatable bonds is 4. The largest absolute Gasteiger partial charge is 0.335 e. The average Bonchev–Trinajstić information content (AvgIpc) is 3.44. The van der Waals surface area contributed by atoms with Gasteiger partial charge in [-0.05, 0) is 12.1 Å². The fourth-order valence-electron chi connectivity index (χ4n) is 3.19. The van der Waals surface area contributed by atoms with Gasteiger partial charge in [0.25, 0.3) is 5.91 Å². The van der Waals surface area contributed by atoms with Gasteiger partial charge in [0.1, 0.15) is 11.4 Å².